The summed E-state index contributed by atoms with van der Waals surface area (Å²) in [5, 5.41) is 0. The molecule has 1 aliphatic rings. The molecule has 0 aromatic rings. The molecule has 26 heavy (non-hydrogen) atoms. The fraction of sp³-hybridized carbons (Fsp3) is 0.864. The zero-order valence-electron chi connectivity index (χ0n) is 17.0. The van der Waals surface area contributed by atoms with Crippen molar-refractivity contribution in [3.05, 3.63) is 12.2 Å². The van der Waals surface area contributed by atoms with E-state index in [1.807, 2.05) is 0 Å². The molecular weight excluding hydrogens is 328 g/mol. The van der Waals surface area contributed by atoms with E-state index >= 15 is 0 Å². The smallest absolute Gasteiger partial charge is 0.305 e. The number of esters is 1. The van der Waals surface area contributed by atoms with Gasteiger partial charge in [0.25, 0.3) is 0 Å². The van der Waals surface area contributed by atoms with Crippen LogP contribution in [-0.2, 0) is 19.0 Å². The van der Waals surface area contributed by atoms with E-state index in [2.05, 4.69) is 23.8 Å². The summed E-state index contributed by atoms with van der Waals surface area (Å²) in [5.41, 5.74) is 0. The van der Waals surface area contributed by atoms with Gasteiger partial charge in [0, 0.05) is 6.42 Å². The van der Waals surface area contributed by atoms with E-state index in [4.69, 9.17) is 9.47 Å². The molecule has 4 heteroatoms. The van der Waals surface area contributed by atoms with Gasteiger partial charge in [0.15, 0.2) is 0 Å². The molecule has 1 saturated heterocycles. The first kappa shape index (κ1) is 23.2. The van der Waals surface area contributed by atoms with E-state index < -0.39 is 0 Å². The third-order valence-corrected chi connectivity index (χ3v) is 4.84. The monoisotopic (exact) mass is 368 g/mol. The summed E-state index contributed by atoms with van der Waals surface area (Å²) < 4.78 is 15.9. The second-order valence-corrected chi connectivity index (χ2v) is 7.35. The highest BCUT2D eigenvalue weighted by atomic mass is 16.6. The van der Waals surface area contributed by atoms with Crippen LogP contribution in [0.2, 0.25) is 0 Å². The second kappa shape index (κ2) is 16.3. The lowest BCUT2D eigenvalue weighted by atomic mass is 10.1. The van der Waals surface area contributed by atoms with Gasteiger partial charge in [-0.05, 0) is 32.1 Å². The summed E-state index contributed by atoms with van der Waals surface area (Å²) in [5.74, 6) is -0.0901. The maximum absolute atomic E-state index is 11.0. The maximum atomic E-state index is 11.0. The summed E-state index contributed by atoms with van der Waals surface area (Å²) in [4.78, 5) is 11.0. The lowest BCUT2D eigenvalue weighted by Gasteiger charge is -2.15. The average molecular weight is 369 g/mol. The molecule has 0 spiro atoms. The molecule has 0 N–H and O–H groups in total. The topological polar surface area (TPSA) is 48.1 Å². The van der Waals surface area contributed by atoms with Gasteiger partial charge in [-0.15, -0.1) is 0 Å². The molecule has 0 saturated carbocycles. The fourth-order valence-corrected chi connectivity index (χ4v) is 3.01. The summed E-state index contributed by atoms with van der Waals surface area (Å²) in [6.45, 7) is 3.89. The van der Waals surface area contributed by atoms with Crippen LogP contribution in [0, 0.1) is 0 Å². The highest BCUT2D eigenvalue weighted by molar-refractivity contribution is 5.68. The van der Waals surface area contributed by atoms with E-state index in [0.29, 0.717) is 18.6 Å². The standard InChI is InChI=1S/C22H40O4/c1-3-4-5-12-15-20(25-18-21-19-26-21)16-13-10-8-6-7-9-11-14-17-22(23)24-2/h10,13,20-21H,3-9,11-12,14-19H2,1-2H3/b13-10-. The largest absolute Gasteiger partial charge is 0.469 e. The van der Waals surface area contributed by atoms with Gasteiger partial charge < -0.3 is 14.2 Å². The summed E-state index contributed by atoms with van der Waals surface area (Å²) in [6.07, 6.45) is 20.1. The van der Waals surface area contributed by atoms with Crippen molar-refractivity contribution in [2.24, 2.45) is 0 Å². The Morgan fingerprint density at radius 3 is 2.54 bits per heavy atom. The van der Waals surface area contributed by atoms with E-state index in [-0.39, 0.29) is 5.97 Å². The normalized spacial score (nSPS) is 17.5. The molecular formula is C22H40O4. The molecule has 1 fully saturated rings. The van der Waals surface area contributed by atoms with Crippen molar-refractivity contribution in [1.82, 2.24) is 0 Å². The minimum Gasteiger partial charge on any atom is -0.469 e. The third kappa shape index (κ3) is 14.3. The quantitative estimate of drug-likeness (QED) is 0.137. The number of carbonyl (C=O) groups excluding carboxylic acids is 1. The van der Waals surface area contributed by atoms with Crippen LogP contribution in [-0.4, -0.2) is 38.5 Å². The SMILES string of the molecule is CCCCCCC(C/C=C\CCCCCCCC(=O)OC)OCC1CO1. The lowest BCUT2D eigenvalue weighted by Crippen LogP contribution is -2.15. The Labute approximate surface area is 160 Å². The molecule has 2 atom stereocenters. The summed E-state index contributed by atoms with van der Waals surface area (Å²) in [7, 11) is 1.45. The number of ether oxygens (including phenoxy) is 3. The first-order chi connectivity index (χ1) is 12.8. The Hall–Kier alpha value is -0.870. The third-order valence-electron chi connectivity index (χ3n) is 4.84. The van der Waals surface area contributed by atoms with E-state index in [1.165, 1.54) is 52.1 Å². The van der Waals surface area contributed by atoms with Crippen molar-refractivity contribution in [3.8, 4) is 0 Å². The van der Waals surface area contributed by atoms with Crippen LogP contribution < -0.4 is 0 Å². The molecule has 0 aromatic carbocycles. The van der Waals surface area contributed by atoms with Gasteiger partial charge in [-0.3, -0.25) is 4.79 Å². The van der Waals surface area contributed by atoms with Crippen molar-refractivity contribution < 1.29 is 19.0 Å². The number of allylic oxidation sites excluding steroid dienone is 1. The Kier molecular flexibility index (Phi) is 14.5. The number of unbranched alkanes of at least 4 members (excludes halogenated alkanes) is 8. The van der Waals surface area contributed by atoms with Gasteiger partial charge in [0.05, 0.1) is 26.4 Å². The Bertz CT molecular complexity index is 363. The molecule has 4 nitrogen and oxygen atoms in total. The number of methoxy groups -OCH3 is 1. The highest BCUT2D eigenvalue weighted by Crippen LogP contribution is 2.16. The first-order valence-electron chi connectivity index (χ1n) is 10.7. The summed E-state index contributed by atoms with van der Waals surface area (Å²) in [6, 6.07) is 0. The van der Waals surface area contributed by atoms with Crippen LogP contribution in [0.25, 0.3) is 0 Å². The minimum absolute atomic E-state index is 0.0901. The Balaban J connectivity index is 2.00. The number of hydrogen-bond donors (Lipinski definition) is 0. The van der Waals surface area contributed by atoms with Crippen LogP contribution in [0.3, 0.4) is 0 Å². The molecule has 152 valence electrons. The van der Waals surface area contributed by atoms with Crippen molar-refractivity contribution in [1.29, 1.82) is 0 Å². The molecule has 1 heterocycles. The fourth-order valence-electron chi connectivity index (χ4n) is 3.01. The van der Waals surface area contributed by atoms with Gasteiger partial charge in [0.2, 0.25) is 0 Å². The van der Waals surface area contributed by atoms with Crippen molar-refractivity contribution in [2.45, 2.75) is 103 Å². The first-order valence-corrected chi connectivity index (χ1v) is 10.7. The van der Waals surface area contributed by atoms with Crippen LogP contribution >= 0.6 is 0 Å². The summed E-state index contributed by atoms with van der Waals surface area (Å²) >= 11 is 0. The zero-order valence-corrected chi connectivity index (χ0v) is 17.0. The van der Waals surface area contributed by atoms with Crippen molar-refractivity contribution >= 4 is 5.97 Å². The predicted octanol–water partition coefficient (Wildman–Crippen LogP) is 5.59. The number of rotatable bonds is 18. The van der Waals surface area contributed by atoms with Crippen LogP contribution in [0.5, 0.6) is 0 Å². The van der Waals surface area contributed by atoms with Crippen LogP contribution in [0.4, 0.5) is 0 Å². The average Bonchev–Trinajstić information content (AvgIpc) is 3.48. The molecule has 1 rings (SSSR count). The second-order valence-electron chi connectivity index (χ2n) is 7.35. The Morgan fingerprint density at radius 2 is 1.81 bits per heavy atom. The maximum Gasteiger partial charge on any atom is 0.305 e. The number of carbonyl (C=O) groups is 1. The Morgan fingerprint density at radius 1 is 1.08 bits per heavy atom. The van der Waals surface area contributed by atoms with E-state index in [9.17, 15) is 4.79 Å². The van der Waals surface area contributed by atoms with Gasteiger partial charge in [0.1, 0.15) is 6.10 Å². The molecule has 0 aromatic heterocycles. The highest BCUT2D eigenvalue weighted by Gasteiger charge is 2.23. The predicted molar refractivity (Wildman–Crippen MR) is 106 cm³/mol. The van der Waals surface area contributed by atoms with Gasteiger partial charge in [-0.1, -0.05) is 64.0 Å². The number of hydrogen-bond acceptors (Lipinski definition) is 4. The van der Waals surface area contributed by atoms with Crippen LogP contribution in [0.15, 0.2) is 12.2 Å². The zero-order chi connectivity index (χ0) is 18.9. The van der Waals surface area contributed by atoms with Gasteiger partial charge in [-0.2, -0.15) is 0 Å². The van der Waals surface area contributed by atoms with E-state index in [1.54, 1.807) is 0 Å². The lowest BCUT2D eigenvalue weighted by molar-refractivity contribution is -0.140. The molecule has 0 bridgehead atoms. The van der Waals surface area contributed by atoms with Gasteiger partial charge >= 0.3 is 5.97 Å². The molecule has 2 unspecified atom stereocenters. The molecule has 1 aliphatic heterocycles. The van der Waals surface area contributed by atoms with E-state index in [0.717, 1.165) is 45.3 Å². The van der Waals surface area contributed by atoms with Crippen LogP contribution in [0.1, 0.15) is 90.4 Å². The van der Waals surface area contributed by atoms with Crippen molar-refractivity contribution in [3.63, 3.8) is 0 Å². The molecule has 0 amide bonds. The molecule has 0 radical (unpaired) electrons. The van der Waals surface area contributed by atoms with Gasteiger partial charge in [-0.25, -0.2) is 0 Å². The number of epoxide rings is 1. The van der Waals surface area contributed by atoms with Crippen molar-refractivity contribution in [2.75, 3.05) is 20.3 Å². The minimum atomic E-state index is -0.0901. The molecule has 0 aliphatic carbocycles.